The molecular weight excluding hydrogens is 248 g/mol. The van der Waals surface area contributed by atoms with Crippen LogP contribution in [0, 0.1) is 0 Å². The Hall–Kier alpha value is -0.810. The van der Waals surface area contributed by atoms with Crippen molar-refractivity contribution >= 4 is 29.0 Å². The number of alkyl carbamates (subject to hydrolysis) is 1. The molecular formula is C10H15ClN2O2S. The highest BCUT2D eigenvalue weighted by Crippen LogP contribution is 2.12. The molecule has 1 aromatic rings. The quantitative estimate of drug-likeness (QED) is 0.852. The molecule has 1 aromatic heterocycles. The van der Waals surface area contributed by atoms with Crippen molar-refractivity contribution in [3.8, 4) is 0 Å². The number of carbonyl (C=O) groups is 1. The highest BCUT2D eigenvalue weighted by Gasteiger charge is 2.14. The minimum atomic E-state index is -0.435. The van der Waals surface area contributed by atoms with Crippen LogP contribution in [0.1, 0.15) is 31.5 Å². The van der Waals surface area contributed by atoms with Gasteiger partial charge < -0.3 is 10.1 Å². The lowest BCUT2D eigenvalue weighted by atomic mass is 10.1. The lowest BCUT2D eigenvalue weighted by molar-refractivity contribution is 0.131. The smallest absolute Gasteiger partial charge is 0.407 e. The highest BCUT2D eigenvalue weighted by atomic mass is 35.5. The number of hydrogen-bond donors (Lipinski definition) is 1. The summed E-state index contributed by atoms with van der Waals surface area (Å²) in [5.41, 5.74) is 0.517. The third-order valence-corrected chi connectivity index (χ3v) is 2.68. The fourth-order valence-electron chi connectivity index (χ4n) is 0.946. The van der Waals surface area contributed by atoms with Crippen molar-refractivity contribution in [2.75, 3.05) is 0 Å². The summed E-state index contributed by atoms with van der Waals surface area (Å²) in [6.07, 6.45) is -0.435. The Balaban J connectivity index is 2.37. The second kappa shape index (κ2) is 5.50. The molecule has 0 radical (unpaired) electrons. The molecule has 0 fully saturated rings. The van der Waals surface area contributed by atoms with Crippen molar-refractivity contribution in [3.05, 3.63) is 16.1 Å². The zero-order valence-corrected chi connectivity index (χ0v) is 11.1. The van der Waals surface area contributed by atoms with E-state index in [4.69, 9.17) is 16.3 Å². The number of hydrogen-bond acceptors (Lipinski definition) is 4. The average Bonchev–Trinajstić information content (AvgIpc) is 2.59. The van der Waals surface area contributed by atoms with Gasteiger partial charge in [0.25, 0.3) is 0 Å². The van der Waals surface area contributed by atoms with E-state index in [2.05, 4.69) is 10.3 Å². The number of aromatic nitrogens is 1. The second-order valence-corrected chi connectivity index (χ2v) is 5.53. The number of nitrogens with zero attached hydrogens (tertiary/aromatic N) is 1. The van der Waals surface area contributed by atoms with Gasteiger partial charge in [-0.1, -0.05) is 0 Å². The van der Waals surface area contributed by atoms with Crippen molar-refractivity contribution in [2.24, 2.45) is 0 Å². The average molecular weight is 263 g/mol. The molecule has 90 valence electrons. The molecule has 16 heavy (non-hydrogen) atoms. The third-order valence-electron chi connectivity index (χ3n) is 1.54. The zero-order valence-electron chi connectivity index (χ0n) is 9.54. The van der Waals surface area contributed by atoms with Crippen molar-refractivity contribution in [2.45, 2.75) is 38.8 Å². The normalized spacial score (nSPS) is 11.2. The number of ether oxygens (including phenoxy) is 1. The van der Waals surface area contributed by atoms with Crippen LogP contribution in [0.4, 0.5) is 4.79 Å². The number of rotatable bonds is 3. The molecule has 0 saturated heterocycles. The van der Waals surface area contributed by atoms with Gasteiger partial charge in [-0.3, -0.25) is 0 Å². The molecule has 0 bridgehead atoms. The summed E-state index contributed by atoms with van der Waals surface area (Å²) >= 11 is 7.05. The molecule has 1 N–H and O–H groups in total. The Morgan fingerprint density at radius 2 is 2.31 bits per heavy atom. The van der Waals surface area contributed by atoms with Gasteiger partial charge in [0.15, 0.2) is 0 Å². The second-order valence-electron chi connectivity index (χ2n) is 4.32. The van der Waals surface area contributed by atoms with Crippen LogP contribution >= 0.6 is 22.9 Å². The largest absolute Gasteiger partial charge is 0.442 e. The molecule has 0 atom stereocenters. The Bertz CT molecular complexity index is 360. The van der Waals surface area contributed by atoms with Crippen LogP contribution in [0.5, 0.6) is 0 Å². The van der Waals surface area contributed by atoms with Gasteiger partial charge in [-0.2, -0.15) is 0 Å². The predicted molar refractivity (Wildman–Crippen MR) is 64.7 cm³/mol. The summed E-state index contributed by atoms with van der Waals surface area (Å²) in [6.45, 7) is 5.86. The molecule has 0 spiro atoms. The van der Waals surface area contributed by atoms with Gasteiger partial charge >= 0.3 is 6.09 Å². The molecule has 0 aliphatic carbocycles. The van der Waals surface area contributed by atoms with Crippen molar-refractivity contribution in [1.29, 1.82) is 0 Å². The molecule has 4 nitrogen and oxygen atoms in total. The summed E-state index contributed by atoms with van der Waals surface area (Å²) < 4.78 is 5.02. The van der Waals surface area contributed by atoms with Crippen LogP contribution in [0.3, 0.4) is 0 Å². The van der Waals surface area contributed by atoms with E-state index in [1.54, 1.807) is 0 Å². The molecule has 1 amide bonds. The minimum Gasteiger partial charge on any atom is -0.442 e. The number of carbonyl (C=O) groups excluding carboxylic acids is 1. The lowest BCUT2D eigenvalue weighted by Crippen LogP contribution is -2.40. The van der Waals surface area contributed by atoms with Crippen LogP contribution in [0.15, 0.2) is 5.38 Å². The first-order chi connectivity index (χ1) is 7.40. The van der Waals surface area contributed by atoms with Gasteiger partial charge in [-0.05, 0) is 20.8 Å². The van der Waals surface area contributed by atoms with E-state index >= 15 is 0 Å². The summed E-state index contributed by atoms with van der Waals surface area (Å²) in [5.74, 6) is 0.380. The molecule has 0 aliphatic rings. The Kier molecular flexibility index (Phi) is 4.56. The molecule has 6 heteroatoms. The van der Waals surface area contributed by atoms with E-state index in [1.165, 1.54) is 11.3 Å². The van der Waals surface area contributed by atoms with Crippen LogP contribution in [0.25, 0.3) is 0 Å². The number of alkyl halides is 1. The number of thiazole rings is 1. The minimum absolute atomic E-state index is 0.184. The molecule has 0 saturated carbocycles. The third kappa shape index (κ3) is 4.81. The monoisotopic (exact) mass is 262 g/mol. The Morgan fingerprint density at radius 1 is 1.62 bits per heavy atom. The van der Waals surface area contributed by atoms with E-state index in [-0.39, 0.29) is 12.1 Å². The molecule has 0 aromatic carbocycles. The SMILES string of the molecule is CC(C)(C)NC(=O)OCc1nc(CCl)cs1. The highest BCUT2D eigenvalue weighted by molar-refractivity contribution is 7.09. The maximum absolute atomic E-state index is 11.3. The first-order valence-corrected chi connectivity index (χ1v) is 6.26. The zero-order chi connectivity index (χ0) is 12.2. The number of nitrogens with one attached hydrogen (secondary N) is 1. The van der Waals surface area contributed by atoms with E-state index < -0.39 is 6.09 Å². The standard InChI is InChI=1S/C10H15ClN2O2S/c1-10(2,3)13-9(14)15-5-8-12-7(4-11)6-16-8/h6H,4-5H2,1-3H3,(H,13,14). The van der Waals surface area contributed by atoms with Crippen LogP contribution in [-0.2, 0) is 17.2 Å². The van der Waals surface area contributed by atoms with Gasteiger partial charge in [0, 0.05) is 10.9 Å². The van der Waals surface area contributed by atoms with E-state index in [0.29, 0.717) is 5.88 Å². The van der Waals surface area contributed by atoms with E-state index in [0.717, 1.165) is 10.7 Å². The summed E-state index contributed by atoms with van der Waals surface area (Å²) in [6, 6.07) is 0. The molecule has 1 rings (SSSR count). The van der Waals surface area contributed by atoms with Gasteiger partial charge in [0.2, 0.25) is 0 Å². The topological polar surface area (TPSA) is 51.2 Å². The van der Waals surface area contributed by atoms with Crippen molar-refractivity contribution < 1.29 is 9.53 Å². The Labute approximate surface area is 104 Å². The van der Waals surface area contributed by atoms with Gasteiger partial charge in [0.1, 0.15) is 11.6 Å². The maximum Gasteiger partial charge on any atom is 0.407 e. The van der Waals surface area contributed by atoms with E-state index in [1.807, 2.05) is 26.2 Å². The predicted octanol–water partition coefficient (Wildman–Crippen LogP) is 2.91. The van der Waals surface area contributed by atoms with Gasteiger partial charge in [-0.15, -0.1) is 22.9 Å². The van der Waals surface area contributed by atoms with E-state index in [9.17, 15) is 4.79 Å². The fourth-order valence-corrected chi connectivity index (χ4v) is 1.88. The number of halogens is 1. The first kappa shape index (κ1) is 13.3. The molecule has 0 unspecified atom stereocenters. The summed E-state index contributed by atoms with van der Waals surface area (Å²) in [4.78, 5) is 15.5. The number of amides is 1. The van der Waals surface area contributed by atoms with Crippen LogP contribution in [-0.4, -0.2) is 16.6 Å². The summed E-state index contributed by atoms with van der Waals surface area (Å²) in [7, 11) is 0. The van der Waals surface area contributed by atoms with Crippen molar-refractivity contribution in [1.82, 2.24) is 10.3 Å². The van der Waals surface area contributed by atoms with Crippen LogP contribution < -0.4 is 5.32 Å². The van der Waals surface area contributed by atoms with Crippen molar-refractivity contribution in [3.63, 3.8) is 0 Å². The van der Waals surface area contributed by atoms with Crippen LogP contribution in [0.2, 0.25) is 0 Å². The lowest BCUT2D eigenvalue weighted by Gasteiger charge is -2.19. The van der Waals surface area contributed by atoms with Gasteiger partial charge in [-0.25, -0.2) is 9.78 Å². The molecule has 0 aliphatic heterocycles. The van der Waals surface area contributed by atoms with Gasteiger partial charge in [0.05, 0.1) is 11.6 Å². The summed E-state index contributed by atoms with van der Waals surface area (Å²) in [5, 5.41) is 5.30. The Morgan fingerprint density at radius 3 is 2.81 bits per heavy atom. The fraction of sp³-hybridized carbons (Fsp3) is 0.600. The first-order valence-electron chi connectivity index (χ1n) is 4.85. The molecule has 1 heterocycles. The maximum atomic E-state index is 11.3.